The molecule has 0 radical (unpaired) electrons. The molecule has 15 nitrogen and oxygen atoms in total. The van der Waals surface area contributed by atoms with Gasteiger partial charge in [0, 0.05) is 13.1 Å². The summed E-state index contributed by atoms with van der Waals surface area (Å²) in [7, 11) is 0. The number of hydrogen-bond donors (Lipinski definition) is 1. The van der Waals surface area contributed by atoms with E-state index in [0.29, 0.717) is 0 Å². The van der Waals surface area contributed by atoms with Crippen molar-refractivity contribution in [2.24, 2.45) is 0 Å². The van der Waals surface area contributed by atoms with Crippen molar-refractivity contribution in [2.45, 2.75) is 187 Å². The zero-order valence-electron chi connectivity index (χ0n) is 38.6. The summed E-state index contributed by atoms with van der Waals surface area (Å²) in [5.41, 5.74) is 0. The van der Waals surface area contributed by atoms with Gasteiger partial charge in [0.25, 0.3) is 0 Å². The molecule has 2 rings (SSSR count). The Kier molecular flexibility index (Phi) is 32.8. The summed E-state index contributed by atoms with van der Waals surface area (Å²) < 4.78 is 33.3. The van der Waals surface area contributed by atoms with Crippen LogP contribution in [0.3, 0.4) is 0 Å². The highest BCUT2D eigenvalue weighted by Gasteiger charge is 2.35. The van der Waals surface area contributed by atoms with Gasteiger partial charge in [0.15, 0.2) is 12.2 Å². The van der Waals surface area contributed by atoms with E-state index in [9.17, 15) is 28.8 Å². The maximum absolute atomic E-state index is 13.3. The number of cyclic esters (lactones) is 2. The van der Waals surface area contributed by atoms with E-state index in [1.807, 2.05) is 0 Å². The minimum atomic E-state index is -0.856. The molecule has 2 atom stereocenters. The molecule has 358 valence electrons. The molecule has 0 aromatic heterocycles. The van der Waals surface area contributed by atoms with E-state index in [2.05, 4.69) is 19.2 Å². The first-order valence-corrected chi connectivity index (χ1v) is 24.4. The number of esters is 6. The summed E-state index contributed by atoms with van der Waals surface area (Å²) in [6.07, 6.45) is 24.5. The lowest BCUT2D eigenvalue weighted by Gasteiger charge is -2.24. The van der Waals surface area contributed by atoms with Gasteiger partial charge in [-0.05, 0) is 25.7 Å². The third kappa shape index (κ3) is 29.9. The van der Waals surface area contributed by atoms with Gasteiger partial charge in [-0.1, -0.05) is 149 Å². The molecule has 0 aliphatic carbocycles. The van der Waals surface area contributed by atoms with Crippen molar-refractivity contribution in [3.8, 4) is 0 Å². The number of carbonyl (C=O) groups excluding carboxylic acids is 6. The molecule has 0 amide bonds. The highest BCUT2D eigenvalue weighted by Crippen LogP contribution is 2.15. The lowest BCUT2D eigenvalue weighted by molar-refractivity contribution is -0.167. The SMILES string of the molecule is CCCCCCCCOC(=O)CN1CC(=O)OCCCCCCCCCCCCCCCOC(=O)CN(CC(=O)OCCCCCCCC)CC(=O)O[C@@H]2CNC[C@@H]2OC(=O)C1. The smallest absolute Gasteiger partial charge is 0.320 e. The van der Waals surface area contributed by atoms with Crippen LogP contribution >= 0.6 is 0 Å². The monoisotopic (exact) mass is 882 g/mol. The van der Waals surface area contributed by atoms with Gasteiger partial charge in [-0.25, -0.2) is 0 Å². The number of carbonyl (C=O) groups is 6. The van der Waals surface area contributed by atoms with Gasteiger partial charge in [-0.3, -0.25) is 38.6 Å². The Hall–Kier alpha value is -3.30. The second kappa shape index (κ2) is 37.1. The molecule has 1 N–H and O–H groups in total. The Morgan fingerprint density at radius 3 is 1.18 bits per heavy atom. The lowest BCUT2D eigenvalue weighted by atomic mass is 10.0. The van der Waals surface area contributed by atoms with Crippen molar-refractivity contribution in [3.63, 3.8) is 0 Å². The van der Waals surface area contributed by atoms with E-state index >= 15 is 0 Å². The van der Waals surface area contributed by atoms with Crippen molar-refractivity contribution < 1.29 is 57.2 Å². The summed E-state index contributed by atoms with van der Waals surface area (Å²) in [5, 5.41) is 3.07. The maximum Gasteiger partial charge on any atom is 0.320 e. The molecule has 2 saturated heterocycles. The van der Waals surface area contributed by atoms with Crippen LogP contribution in [0.25, 0.3) is 0 Å². The first-order chi connectivity index (χ1) is 30.2. The number of ether oxygens (including phenoxy) is 6. The highest BCUT2D eigenvalue weighted by molar-refractivity contribution is 5.79. The van der Waals surface area contributed by atoms with Crippen LogP contribution in [0.1, 0.15) is 174 Å². The number of nitrogens with one attached hydrogen (secondary N) is 1. The number of rotatable bonds is 18. The van der Waals surface area contributed by atoms with Gasteiger partial charge in [-0.15, -0.1) is 0 Å². The number of nitrogens with zero attached hydrogens (tertiary/aromatic N) is 2. The van der Waals surface area contributed by atoms with Crippen LogP contribution in [0.15, 0.2) is 0 Å². The average molecular weight is 882 g/mol. The zero-order valence-corrected chi connectivity index (χ0v) is 38.6. The van der Waals surface area contributed by atoms with Crippen LogP contribution in [-0.4, -0.2) is 137 Å². The third-order valence-corrected chi connectivity index (χ3v) is 11.1. The van der Waals surface area contributed by atoms with E-state index in [4.69, 9.17) is 28.4 Å². The molecule has 0 aromatic rings. The van der Waals surface area contributed by atoms with E-state index in [0.717, 1.165) is 116 Å². The molecule has 0 spiro atoms. The van der Waals surface area contributed by atoms with Gasteiger partial charge in [-0.2, -0.15) is 0 Å². The van der Waals surface area contributed by atoms with E-state index in [-0.39, 0.29) is 65.7 Å². The molecular weight excluding hydrogens is 799 g/mol. The fraction of sp³-hybridized carbons (Fsp3) is 0.872. The lowest BCUT2D eigenvalue weighted by Crippen LogP contribution is -2.44. The zero-order chi connectivity index (χ0) is 44.9. The summed E-state index contributed by atoms with van der Waals surface area (Å²) >= 11 is 0. The molecule has 2 fully saturated rings. The fourth-order valence-electron chi connectivity index (χ4n) is 7.55. The Bertz CT molecular complexity index is 1150. The largest absolute Gasteiger partial charge is 0.465 e. The molecule has 62 heavy (non-hydrogen) atoms. The first kappa shape index (κ1) is 54.8. The fourth-order valence-corrected chi connectivity index (χ4v) is 7.55. The van der Waals surface area contributed by atoms with Gasteiger partial charge >= 0.3 is 35.8 Å². The topological polar surface area (TPSA) is 176 Å². The third-order valence-electron chi connectivity index (χ3n) is 11.1. The number of hydrogen-bond acceptors (Lipinski definition) is 15. The Morgan fingerprint density at radius 1 is 0.484 bits per heavy atom. The number of unbranched alkanes of at least 4 members (excludes halogenated alkanes) is 10. The van der Waals surface area contributed by atoms with Crippen LogP contribution in [0.2, 0.25) is 0 Å². The molecule has 15 heteroatoms. The molecule has 2 aliphatic heterocycles. The van der Waals surface area contributed by atoms with Crippen LogP contribution in [0.4, 0.5) is 0 Å². The van der Waals surface area contributed by atoms with Gasteiger partial charge in [0.2, 0.25) is 0 Å². The van der Waals surface area contributed by atoms with Crippen LogP contribution in [0.5, 0.6) is 0 Å². The minimum absolute atomic E-state index is 0.201. The van der Waals surface area contributed by atoms with E-state index in [1.165, 1.54) is 54.7 Å². The van der Waals surface area contributed by atoms with E-state index < -0.39 is 61.1 Å². The van der Waals surface area contributed by atoms with Crippen LogP contribution in [0, 0.1) is 0 Å². The van der Waals surface area contributed by atoms with Crippen molar-refractivity contribution in [1.29, 1.82) is 0 Å². The molecule has 2 aliphatic rings. The Balaban J connectivity index is 2.06. The predicted molar refractivity (Wildman–Crippen MR) is 236 cm³/mol. The summed E-state index contributed by atoms with van der Waals surface area (Å²) in [6.45, 7) is 3.75. The highest BCUT2D eigenvalue weighted by atomic mass is 16.6. The second-order valence-electron chi connectivity index (χ2n) is 17.0. The summed E-state index contributed by atoms with van der Waals surface area (Å²) in [4.78, 5) is 80.7. The maximum atomic E-state index is 13.3. The van der Waals surface area contributed by atoms with Crippen molar-refractivity contribution >= 4 is 35.8 Å². The Morgan fingerprint density at radius 2 is 0.806 bits per heavy atom. The summed E-state index contributed by atoms with van der Waals surface area (Å²) in [5.74, 6) is -3.65. The minimum Gasteiger partial charge on any atom is -0.465 e. The van der Waals surface area contributed by atoms with Crippen LogP contribution < -0.4 is 5.32 Å². The first-order valence-electron chi connectivity index (χ1n) is 24.4. The van der Waals surface area contributed by atoms with Gasteiger partial charge in [0.05, 0.1) is 65.7 Å². The van der Waals surface area contributed by atoms with Crippen molar-refractivity contribution in [3.05, 3.63) is 0 Å². The molecule has 0 saturated carbocycles. The predicted octanol–water partition coefficient (Wildman–Crippen LogP) is 7.00. The normalized spacial score (nSPS) is 21.3. The standard InChI is InChI=1S/C47H83N3O12/c1-3-5-7-9-20-24-28-57-42(51)34-49-36-44(53)59-30-26-22-18-16-14-12-11-13-15-17-19-23-27-31-60-45(54)37-50(35-43(52)58-29-25-21-10-8-6-4-2)39-47(56)62-41-33-48-32-40(41)61-46(55)38-49/h40-41,48H,3-39H2,1-2H3/t40-,41+. The molecular formula is C47H83N3O12. The molecule has 0 unspecified atom stereocenters. The van der Waals surface area contributed by atoms with Crippen LogP contribution in [-0.2, 0) is 57.2 Å². The molecule has 0 bridgehead atoms. The average Bonchev–Trinajstić information content (AvgIpc) is 3.65. The Labute approximate surface area is 372 Å². The summed E-state index contributed by atoms with van der Waals surface area (Å²) in [6, 6.07) is 0. The molecule has 2 heterocycles. The van der Waals surface area contributed by atoms with E-state index in [1.54, 1.807) is 0 Å². The molecule has 0 aromatic carbocycles. The quantitative estimate of drug-likeness (QED) is 0.0846. The van der Waals surface area contributed by atoms with Gasteiger partial charge < -0.3 is 33.7 Å². The van der Waals surface area contributed by atoms with Gasteiger partial charge in [0.1, 0.15) is 0 Å². The number of fused-ring (bicyclic) bond motifs is 1. The van der Waals surface area contributed by atoms with Crippen molar-refractivity contribution in [2.75, 3.05) is 78.8 Å². The second-order valence-corrected chi connectivity index (χ2v) is 17.0. The van der Waals surface area contributed by atoms with Crippen molar-refractivity contribution in [1.82, 2.24) is 15.1 Å².